The van der Waals surface area contributed by atoms with E-state index in [0.29, 0.717) is 12.6 Å². The van der Waals surface area contributed by atoms with Gasteiger partial charge in [0.1, 0.15) is 11.5 Å². The van der Waals surface area contributed by atoms with Crippen molar-refractivity contribution in [3.8, 4) is 0 Å². The van der Waals surface area contributed by atoms with Crippen molar-refractivity contribution in [3.05, 3.63) is 29.6 Å². The number of hydrogen-bond acceptors (Lipinski definition) is 4. The van der Waals surface area contributed by atoms with Gasteiger partial charge in [-0.1, -0.05) is 0 Å². The van der Waals surface area contributed by atoms with Gasteiger partial charge in [0.15, 0.2) is 0 Å². The van der Waals surface area contributed by atoms with Crippen LogP contribution in [0.3, 0.4) is 0 Å². The van der Waals surface area contributed by atoms with Crippen LogP contribution in [0.1, 0.15) is 10.4 Å². The van der Waals surface area contributed by atoms with E-state index in [1.807, 2.05) is 0 Å². The van der Waals surface area contributed by atoms with Gasteiger partial charge in [-0.2, -0.15) is 0 Å². The second-order valence-corrected chi connectivity index (χ2v) is 7.30. The van der Waals surface area contributed by atoms with Crippen LogP contribution in [0.15, 0.2) is 23.1 Å². The first kappa shape index (κ1) is 18.1. The smallest absolute Gasteiger partial charge is 0.256 e. The van der Waals surface area contributed by atoms with Gasteiger partial charge in [0.05, 0.1) is 17.0 Å². The Bertz CT molecular complexity index is 746. The molecular weight excluding hydrogens is 352 g/mol. The van der Waals surface area contributed by atoms with Gasteiger partial charge in [0, 0.05) is 25.6 Å². The van der Waals surface area contributed by atoms with Gasteiger partial charge < -0.3 is 10.2 Å². The fraction of sp³-hybridized carbons (Fsp3) is 0.462. The van der Waals surface area contributed by atoms with Crippen LogP contribution >= 0.6 is 12.4 Å². The maximum absolute atomic E-state index is 14.5. The van der Waals surface area contributed by atoms with Crippen molar-refractivity contribution in [1.29, 1.82) is 0 Å². The van der Waals surface area contributed by atoms with Crippen LogP contribution in [0.25, 0.3) is 0 Å². The first-order chi connectivity index (χ1) is 10.2. The Morgan fingerprint density at radius 1 is 1.43 bits per heavy atom. The Morgan fingerprint density at radius 3 is 2.70 bits per heavy atom. The fourth-order valence-corrected chi connectivity index (χ4v) is 3.54. The molecule has 1 aromatic carbocycles. The van der Waals surface area contributed by atoms with Crippen LogP contribution in [-0.2, 0) is 10.0 Å². The number of nitrogens with two attached hydrogens (primary N) is 1. The zero-order chi connectivity index (χ0) is 16.1. The van der Waals surface area contributed by atoms with Gasteiger partial charge in [-0.05, 0) is 18.2 Å². The van der Waals surface area contributed by atoms with Crippen molar-refractivity contribution in [2.24, 2.45) is 11.1 Å². The topological polar surface area (TPSA) is 92.5 Å². The molecule has 2 heterocycles. The maximum Gasteiger partial charge on any atom is 0.256 e. The summed E-state index contributed by atoms with van der Waals surface area (Å²) in [5, 5.41) is 7.84. The second-order valence-electron chi connectivity index (χ2n) is 5.73. The Balaban J connectivity index is 0.00000192. The van der Waals surface area contributed by atoms with Crippen LogP contribution in [0.5, 0.6) is 0 Å². The minimum Gasteiger partial charge on any atom is -0.335 e. The van der Waals surface area contributed by atoms with E-state index in [1.165, 1.54) is 4.90 Å². The number of alkyl halides is 1. The molecule has 2 aliphatic rings. The molecule has 1 aromatic rings. The lowest BCUT2D eigenvalue weighted by Crippen LogP contribution is -2.37. The molecule has 0 saturated carbocycles. The Hall–Kier alpha value is -1.29. The van der Waals surface area contributed by atoms with Crippen molar-refractivity contribution in [2.45, 2.75) is 10.6 Å². The highest BCUT2D eigenvalue weighted by Crippen LogP contribution is 2.35. The molecule has 2 unspecified atom stereocenters. The maximum atomic E-state index is 14.5. The summed E-state index contributed by atoms with van der Waals surface area (Å²) in [7, 11) is -4.04. The van der Waals surface area contributed by atoms with E-state index < -0.39 is 32.3 Å². The summed E-state index contributed by atoms with van der Waals surface area (Å²) in [4.78, 5) is 13.2. The predicted molar refractivity (Wildman–Crippen MR) is 81.1 cm³/mol. The van der Waals surface area contributed by atoms with E-state index in [0.717, 1.165) is 12.1 Å². The number of hydrogen-bond donors (Lipinski definition) is 2. The summed E-state index contributed by atoms with van der Waals surface area (Å²) in [6.07, 6.45) is 0. The van der Waals surface area contributed by atoms with Crippen molar-refractivity contribution in [2.75, 3.05) is 26.2 Å². The van der Waals surface area contributed by atoms with E-state index in [1.54, 1.807) is 0 Å². The third-order valence-electron chi connectivity index (χ3n) is 4.22. The molecule has 6 nitrogen and oxygen atoms in total. The standard InChI is InChI=1S/C13H15F2N3O3S.ClH/c14-11-3-9(22(16,20)21)1-2-10(11)12(19)18-5-8-4-17-6-13(8,15)7-18;/h1-3,8,17H,4-7H2,(H2,16,20,21);1H. The van der Waals surface area contributed by atoms with Crippen molar-refractivity contribution < 1.29 is 22.0 Å². The van der Waals surface area contributed by atoms with Gasteiger partial charge in [-0.3, -0.25) is 4.79 Å². The van der Waals surface area contributed by atoms with E-state index in [2.05, 4.69) is 5.32 Å². The SMILES string of the molecule is Cl.NS(=O)(=O)c1ccc(C(=O)N2CC3CNCC3(F)C2)c(F)c1. The summed E-state index contributed by atoms with van der Waals surface area (Å²) >= 11 is 0. The van der Waals surface area contributed by atoms with Crippen LogP contribution in [0, 0.1) is 11.7 Å². The lowest BCUT2D eigenvalue weighted by Gasteiger charge is -2.19. The Morgan fingerprint density at radius 2 is 2.13 bits per heavy atom. The molecule has 1 amide bonds. The number of halogens is 3. The number of likely N-dealkylation sites (tertiary alicyclic amines) is 1. The lowest BCUT2D eigenvalue weighted by molar-refractivity contribution is 0.0750. The molecular formula is C13H16ClF2N3O3S. The van der Waals surface area contributed by atoms with E-state index in [4.69, 9.17) is 5.14 Å². The number of amides is 1. The fourth-order valence-electron chi connectivity index (χ4n) is 3.01. The molecule has 2 aliphatic heterocycles. The minimum atomic E-state index is -4.04. The summed E-state index contributed by atoms with van der Waals surface area (Å²) in [5.74, 6) is -1.94. The van der Waals surface area contributed by atoms with E-state index in [9.17, 15) is 22.0 Å². The monoisotopic (exact) mass is 367 g/mol. The molecule has 2 atom stereocenters. The quantitative estimate of drug-likeness (QED) is 0.785. The van der Waals surface area contributed by atoms with Crippen molar-refractivity contribution in [1.82, 2.24) is 10.2 Å². The molecule has 2 fully saturated rings. The molecule has 23 heavy (non-hydrogen) atoms. The van der Waals surface area contributed by atoms with Gasteiger partial charge >= 0.3 is 0 Å². The summed E-state index contributed by atoms with van der Waals surface area (Å²) in [5.41, 5.74) is -1.77. The normalized spacial score (nSPS) is 26.7. The number of fused-ring (bicyclic) bond motifs is 1. The molecule has 0 bridgehead atoms. The highest BCUT2D eigenvalue weighted by Gasteiger charge is 2.51. The van der Waals surface area contributed by atoms with Crippen LogP contribution < -0.4 is 10.5 Å². The van der Waals surface area contributed by atoms with Crippen molar-refractivity contribution >= 4 is 28.3 Å². The predicted octanol–water partition coefficient (Wildman–Crippen LogP) is 0.278. The third kappa shape index (κ3) is 3.18. The highest BCUT2D eigenvalue weighted by atomic mass is 35.5. The lowest BCUT2D eigenvalue weighted by atomic mass is 9.97. The van der Waals surface area contributed by atoms with Gasteiger partial charge in [0.25, 0.3) is 5.91 Å². The van der Waals surface area contributed by atoms with Crippen LogP contribution in [0.4, 0.5) is 8.78 Å². The highest BCUT2D eigenvalue weighted by molar-refractivity contribution is 7.89. The summed E-state index contributed by atoms with van der Waals surface area (Å²) in [6, 6.07) is 2.83. The van der Waals surface area contributed by atoms with Crippen LogP contribution in [-0.4, -0.2) is 51.1 Å². The molecule has 3 rings (SSSR count). The third-order valence-corrected chi connectivity index (χ3v) is 5.13. The average Bonchev–Trinajstić information content (AvgIpc) is 2.91. The molecule has 2 saturated heterocycles. The number of carbonyl (C=O) groups excluding carboxylic acids is 1. The zero-order valence-electron chi connectivity index (χ0n) is 12.0. The molecule has 0 aliphatic carbocycles. The zero-order valence-corrected chi connectivity index (χ0v) is 13.6. The first-order valence-electron chi connectivity index (χ1n) is 6.72. The van der Waals surface area contributed by atoms with Gasteiger partial charge in [-0.25, -0.2) is 22.3 Å². The number of nitrogens with zero attached hydrogens (tertiary/aromatic N) is 1. The largest absolute Gasteiger partial charge is 0.335 e. The van der Waals surface area contributed by atoms with Gasteiger partial charge in [-0.15, -0.1) is 12.4 Å². The number of carbonyl (C=O) groups is 1. The second kappa shape index (κ2) is 5.97. The average molecular weight is 368 g/mol. The number of primary sulfonamides is 1. The Kier molecular flexibility index (Phi) is 4.69. The van der Waals surface area contributed by atoms with Crippen molar-refractivity contribution in [3.63, 3.8) is 0 Å². The summed E-state index contributed by atoms with van der Waals surface area (Å²) < 4.78 is 50.8. The molecule has 0 aromatic heterocycles. The number of rotatable bonds is 2. The number of nitrogens with one attached hydrogen (secondary N) is 1. The molecule has 10 heteroatoms. The summed E-state index contributed by atoms with van der Waals surface area (Å²) in [6.45, 7) is 0.764. The van der Waals surface area contributed by atoms with E-state index in [-0.39, 0.29) is 43.5 Å². The number of benzene rings is 1. The van der Waals surface area contributed by atoms with E-state index >= 15 is 0 Å². The van der Waals surface area contributed by atoms with Crippen LogP contribution in [0.2, 0.25) is 0 Å². The molecule has 0 spiro atoms. The molecule has 0 radical (unpaired) electrons. The molecule has 128 valence electrons. The Labute approximate surface area is 138 Å². The minimum absolute atomic E-state index is 0. The molecule has 3 N–H and O–H groups in total. The first-order valence-corrected chi connectivity index (χ1v) is 8.27. The van der Waals surface area contributed by atoms with Gasteiger partial charge in [0.2, 0.25) is 10.0 Å². The number of sulfonamides is 1.